The molecule has 114 valence electrons. The van der Waals surface area contributed by atoms with Gasteiger partial charge < -0.3 is 15.2 Å². The largest absolute Gasteiger partial charge is 0.394 e. The SMILES string of the molecule is CCNC(C)(CO)CC(C)OC1CCC(C)C(C)C1. The number of aliphatic hydroxyl groups is 1. The van der Waals surface area contributed by atoms with Crippen LogP contribution in [0.1, 0.15) is 60.3 Å². The van der Waals surface area contributed by atoms with E-state index in [1.807, 2.05) is 0 Å². The predicted octanol–water partition coefficient (Wildman–Crippen LogP) is 2.97. The van der Waals surface area contributed by atoms with Gasteiger partial charge in [-0.1, -0.05) is 20.8 Å². The van der Waals surface area contributed by atoms with Gasteiger partial charge in [0.05, 0.1) is 18.8 Å². The summed E-state index contributed by atoms with van der Waals surface area (Å²) >= 11 is 0. The van der Waals surface area contributed by atoms with Gasteiger partial charge in [0.1, 0.15) is 0 Å². The zero-order valence-corrected chi connectivity index (χ0v) is 13.4. The van der Waals surface area contributed by atoms with E-state index < -0.39 is 0 Å². The van der Waals surface area contributed by atoms with Crippen LogP contribution in [-0.4, -0.2) is 36.0 Å². The molecule has 0 saturated heterocycles. The Bertz CT molecular complexity index is 259. The van der Waals surface area contributed by atoms with Gasteiger partial charge in [0, 0.05) is 5.54 Å². The maximum atomic E-state index is 9.53. The molecule has 0 aliphatic heterocycles. The maximum absolute atomic E-state index is 9.53. The van der Waals surface area contributed by atoms with Crippen molar-refractivity contribution in [3.8, 4) is 0 Å². The predicted molar refractivity (Wildman–Crippen MR) is 80.3 cm³/mol. The van der Waals surface area contributed by atoms with E-state index in [1.165, 1.54) is 19.3 Å². The molecule has 0 amide bonds. The number of hydrogen-bond acceptors (Lipinski definition) is 3. The van der Waals surface area contributed by atoms with Gasteiger partial charge in [0.25, 0.3) is 0 Å². The third-order valence-electron chi connectivity index (χ3n) is 4.67. The smallest absolute Gasteiger partial charge is 0.0611 e. The zero-order chi connectivity index (χ0) is 14.5. The van der Waals surface area contributed by atoms with E-state index >= 15 is 0 Å². The Morgan fingerprint density at radius 1 is 1.32 bits per heavy atom. The summed E-state index contributed by atoms with van der Waals surface area (Å²) in [6, 6.07) is 0. The molecule has 0 heterocycles. The Kier molecular flexibility index (Phi) is 6.78. The fourth-order valence-electron chi connectivity index (χ4n) is 3.25. The molecule has 5 atom stereocenters. The molecular weight excluding hydrogens is 238 g/mol. The van der Waals surface area contributed by atoms with Crippen molar-refractivity contribution in [1.29, 1.82) is 0 Å². The zero-order valence-electron chi connectivity index (χ0n) is 13.4. The van der Waals surface area contributed by atoms with Crippen LogP contribution in [0.4, 0.5) is 0 Å². The Hall–Kier alpha value is -0.120. The fraction of sp³-hybridized carbons (Fsp3) is 1.00. The molecule has 0 bridgehead atoms. The molecule has 1 saturated carbocycles. The molecule has 3 heteroatoms. The van der Waals surface area contributed by atoms with E-state index in [-0.39, 0.29) is 18.2 Å². The molecule has 5 unspecified atom stereocenters. The van der Waals surface area contributed by atoms with Gasteiger partial charge in [-0.2, -0.15) is 0 Å². The van der Waals surface area contributed by atoms with Crippen LogP contribution in [0.2, 0.25) is 0 Å². The molecule has 19 heavy (non-hydrogen) atoms. The van der Waals surface area contributed by atoms with Crippen molar-refractivity contribution >= 4 is 0 Å². The lowest BCUT2D eigenvalue weighted by atomic mass is 9.80. The van der Waals surface area contributed by atoms with Gasteiger partial charge in [-0.25, -0.2) is 0 Å². The molecule has 0 aromatic heterocycles. The van der Waals surface area contributed by atoms with Crippen LogP contribution >= 0.6 is 0 Å². The minimum Gasteiger partial charge on any atom is -0.394 e. The van der Waals surface area contributed by atoms with Gasteiger partial charge in [-0.05, 0) is 57.9 Å². The number of hydrogen-bond donors (Lipinski definition) is 2. The first-order chi connectivity index (χ1) is 8.90. The first-order valence-electron chi connectivity index (χ1n) is 7.91. The molecular formula is C16H33NO2. The molecule has 0 aromatic rings. The second-order valence-corrected chi connectivity index (χ2v) is 6.79. The third-order valence-corrected chi connectivity index (χ3v) is 4.67. The van der Waals surface area contributed by atoms with Crippen LogP contribution in [0, 0.1) is 11.8 Å². The molecule has 0 aromatic carbocycles. The monoisotopic (exact) mass is 271 g/mol. The van der Waals surface area contributed by atoms with Crippen LogP contribution in [0.15, 0.2) is 0 Å². The normalized spacial score (nSPS) is 32.8. The first-order valence-corrected chi connectivity index (χ1v) is 7.91. The Morgan fingerprint density at radius 3 is 2.53 bits per heavy atom. The van der Waals surface area contributed by atoms with Crippen LogP contribution in [0.3, 0.4) is 0 Å². The van der Waals surface area contributed by atoms with E-state index in [9.17, 15) is 5.11 Å². The molecule has 1 fully saturated rings. The maximum Gasteiger partial charge on any atom is 0.0611 e. The van der Waals surface area contributed by atoms with E-state index in [0.717, 1.165) is 24.8 Å². The van der Waals surface area contributed by atoms with Crippen LogP contribution in [0.5, 0.6) is 0 Å². The highest BCUT2D eigenvalue weighted by atomic mass is 16.5. The molecule has 1 rings (SSSR count). The number of ether oxygens (including phenoxy) is 1. The average Bonchev–Trinajstić information content (AvgIpc) is 2.34. The van der Waals surface area contributed by atoms with Crippen molar-refractivity contribution in [3.05, 3.63) is 0 Å². The van der Waals surface area contributed by atoms with E-state index in [0.29, 0.717) is 6.10 Å². The second kappa shape index (κ2) is 7.61. The second-order valence-electron chi connectivity index (χ2n) is 6.79. The van der Waals surface area contributed by atoms with Crippen molar-refractivity contribution in [3.63, 3.8) is 0 Å². The van der Waals surface area contributed by atoms with Crippen LogP contribution in [-0.2, 0) is 4.74 Å². The lowest BCUT2D eigenvalue weighted by Crippen LogP contribution is -2.48. The van der Waals surface area contributed by atoms with Crippen LogP contribution < -0.4 is 5.32 Å². The van der Waals surface area contributed by atoms with Gasteiger partial charge in [0.15, 0.2) is 0 Å². The fourth-order valence-corrected chi connectivity index (χ4v) is 3.25. The highest BCUT2D eigenvalue weighted by Crippen LogP contribution is 2.32. The van der Waals surface area contributed by atoms with E-state index in [4.69, 9.17) is 4.74 Å². The van der Waals surface area contributed by atoms with Crippen LogP contribution in [0.25, 0.3) is 0 Å². The summed E-state index contributed by atoms with van der Waals surface area (Å²) in [6.07, 6.45) is 5.11. The lowest BCUT2D eigenvalue weighted by molar-refractivity contribution is -0.0545. The van der Waals surface area contributed by atoms with Gasteiger partial charge in [-0.15, -0.1) is 0 Å². The van der Waals surface area contributed by atoms with Crippen molar-refractivity contribution < 1.29 is 9.84 Å². The topological polar surface area (TPSA) is 41.5 Å². The minimum atomic E-state index is -0.220. The molecule has 3 nitrogen and oxygen atoms in total. The minimum absolute atomic E-state index is 0.159. The van der Waals surface area contributed by atoms with E-state index in [1.54, 1.807) is 0 Å². The summed E-state index contributed by atoms with van der Waals surface area (Å²) < 4.78 is 6.20. The highest BCUT2D eigenvalue weighted by molar-refractivity contribution is 4.85. The summed E-state index contributed by atoms with van der Waals surface area (Å²) in [5, 5.41) is 12.9. The van der Waals surface area contributed by atoms with Crippen molar-refractivity contribution in [2.24, 2.45) is 11.8 Å². The summed E-state index contributed by atoms with van der Waals surface area (Å²) in [6.45, 7) is 12.0. The summed E-state index contributed by atoms with van der Waals surface area (Å²) in [5.41, 5.74) is -0.220. The van der Waals surface area contributed by atoms with Crippen molar-refractivity contribution in [2.75, 3.05) is 13.2 Å². The van der Waals surface area contributed by atoms with Crippen molar-refractivity contribution in [2.45, 2.75) is 78.0 Å². The number of nitrogens with one attached hydrogen (secondary N) is 1. The van der Waals surface area contributed by atoms with Gasteiger partial charge in [0.2, 0.25) is 0 Å². The van der Waals surface area contributed by atoms with Gasteiger partial charge in [-0.3, -0.25) is 0 Å². The summed E-state index contributed by atoms with van der Waals surface area (Å²) in [7, 11) is 0. The molecule has 0 radical (unpaired) electrons. The lowest BCUT2D eigenvalue weighted by Gasteiger charge is -2.36. The molecule has 0 spiro atoms. The number of rotatable bonds is 7. The Labute approximate surface area is 119 Å². The third kappa shape index (κ3) is 5.41. The molecule has 2 N–H and O–H groups in total. The van der Waals surface area contributed by atoms with E-state index in [2.05, 4.69) is 39.9 Å². The van der Waals surface area contributed by atoms with Gasteiger partial charge >= 0.3 is 0 Å². The number of aliphatic hydroxyl groups excluding tert-OH is 1. The van der Waals surface area contributed by atoms with Crippen molar-refractivity contribution in [1.82, 2.24) is 5.32 Å². The average molecular weight is 271 g/mol. The summed E-state index contributed by atoms with van der Waals surface area (Å²) in [5.74, 6) is 1.60. The summed E-state index contributed by atoms with van der Waals surface area (Å²) in [4.78, 5) is 0. The molecule has 1 aliphatic rings. The Morgan fingerprint density at radius 2 is 2.00 bits per heavy atom. The highest BCUT2D eigenvalue weighted by Gasteiger charge is 2.29. The standard InChI is InChI=1S/C16H33NO2/c1-6-17-16(5,11-18)10-14(4)19-15-8-7-12(2)13(3)9-15/h12-15,17-18H,6-11H2,1-5H3. The molecule has 1 aliphatic carbocycles. The first kappa shape index (κ1) is 16.9. The Balaban J connectivity index is 2.40. The quantitative estimate of drug-likeness (QED) is 0.748. The number of likely N-dealkylation sites (N-methyl/N-ethyl adjacent to an activating group) is 1.